The Morgan fingerprint density at radius 1 is 1.73 bits per heavy atom. The van der Waals surface area contributed by atoms with Crippen molar-refractivity contribution < 1.29 is 4.42 Å². The Kier molecular flexibility index (Phi) is 2.15. The summed E-state index contributed by atoms with van der Waals surface area (Å²) in [7, 11) is 0. The van der Waals surface area contributed by atoms with Gasteiger partial charge in [-0.25, -0.2) is 0 Å². The van der Waals surface area contributed by atoms with Crippen molar-refractivity contribution in [2.75, 3.05) is 0 Å². The van der Waals surface area contributed by atoms with Crippen LogP contribution in [0.5, 0.6) is 0 Å². The second kappa shape index (κ2) is 2.93. The van der Waals surface area contributed by atoms with Crippen LogP contribution in [0.25, 0.3) is 5.03 Å². The molecule has 0 amide bonds. The number of aryl methyl sites for hydroxylation is 1. The van der Waals surface area contributed by atoms with Crippen LogP contribution in [0.1, 0.15) is 11.5 Å². The van der Waals surface area contributed by atoms with Gasteiger partial charge in [-0.3, -0.25) is 4.99 Å². The summed E-state index contributed by atoms with van der Waals surface area (Å²) in [5.74, 6) is 1.25. The van der Waals surface area contributed by atoms with Crippen LogP contribution in [0.3, 0.4) is 0 Å². The predicted octanol–water partition coefficient (Wildman–Crippen LogP) is 3.13. The molecular weight excluding hydrogens is 162 g/mol. The van der Waals surface area contributed by atoms with Crippen LogP contribution in [0, 0.1) is 6.92 Å². The van der Waals surface area contributed by atoms with Gasteiger partial charge in [0.25, 0.3) is 0 Å². The van der Waals surface area contributed by atoms with E-state index in [1.54, 1.807) is 6.07 Å². The number of halogens is 1. The fourth-order valence-corrected chi connectivity index (χ4v) is 0.948. The van der Waals surface area contributed by atoms with Crippen molar-refractivity contribution in [1.82, 2.24) is 0 Å². The van der Waals surface area contributed by atoms with E-state index in [9.17, 15) is 0 Å². The number of hydrogen-bond donors (Lipinski definition) is 0. The standard InChI is InChI=1S/C8H8ClNO/c1-5-4-7(10-3)8(11-5)6(2)9/h4H,2-3H2,1H3. The highest BCUT2D eigenvalue weighted by molar-refractivity contribution is 6.48. The van der Waals surface area contributed by atoms with Gasteiger partial charge >= 0.3 is 0 Å². The molecule has 0 atom stereocenters. The average Bonchev–Trinajstić information content (AvgIpc) is 2.30. The zero-order valence-corrected chi connectivity index (χ0v) is 6.98. The SMILES string of the molecule is C=Nc1cc(C)oc1C(=C)Cl. The van der Waals surface area contributed by atoms with E-state index < -0.39 is 0 Å². The Balaban J connectivity index is 3.22. The van der Waals surface area contributed by atoms with Gasteiger partial charge in [0.05, 0.1) is 5.03 Å². The normalized spacial score (nSPS) is 9.64. The van der Waals surface area contributed by atoms with Crippen LogP contribution in [0.4, 0.5) is 5.69 Å². The maximum atomic E-state index is 5.62. The molecule has 0 fully saturated rings. The largest absolute Gasteiger partial charge is 0.458 e. The highest BCUT2D eigenvalue weighted by atomic mass is 35.5. The Labute approximate surface area is 70.2 Å². The molecule has 58 valence electrons. The van der Waals surface area contributed by atoms with Crippen molar-refractivity contribution in [1.29, 1.82) is 0 Å². The molecule has 0 unspecified atom stereocenters. The zero-order chi connectivity index (χ0) is 8.43. The van der Waals surface area contributed by atoms with Crippen LogP contribution in [-0.2, 0) is 0 Å². The second-order valence-corrected chi connectivity index (χ2v) is 2.59. The van der Waals surface area contributed by atoms with Gasteiger partial charge in [0.1, 0.15) is 11.4 Å². The number of hydrogen-bond acceptors (Lipinski definition) is 2. The molecule has 0 aliphatic rings. The minimum atomic E-state index is 0.348. The lowest BCUT2D eigenvalue weighted by Gasteiger charge is -1.90. The molecule has 1 heterocycles. The molecule has 0 aromatic carbocycles. The summed E-state index contributed by atoms with van der Waals surface area (Å²) in [5, 5.41) is 0.348. The van der Waals surface area contributed by atoms with Crippen molar-refractivity contribution in [3.63, 3.8) is 0 Å². The molecule has 0 spiro atoms. The van der Waals surface area contributed by atoms with Crippen LogP contribution >= 0.6 is 11.6 Å². The first kappa shape index (κ1) is 8.08. The van der Waals surface area contributed by atoms with E-state index in [0.717, 1.165) is 5.76 Å². The summed E-state index contributed by atoms with van der Waals surface area (Å²) in [4.78, 5) is 3.72. The Bertz CT molecular complexity index is 301. The summed E-state index contributed by atoms with van der Waals surface area (Å²) in [6.45, 7) is 8.73. The maximum absolute atomic E-state index is 5.62. The summed E-state index contributed by atoms with van der Waals surface area (Å²) in [6, 6.07) is 1.76. The van der Waals surface area contributed by atoms with Crippen molar-refractivity contribution in [3.05, 3.63) is 24.2 Å². The Hall–Kier alpha value is -1.02. The lowest BCUT2D eigenvalue weighted by Crippen LogP contribution is -1.67. The molecule has 0 aliphatic heterocycles. The van der Waals surface area contributed by atoms with Crippen LogP contribution in [0.15, 0.2) is 22.1 Å². The molecule has 11 heavy (non-hydrogen) atoms. The third-order valence-electron chi connectivity index (χ3n) is 1.25. The van der Waals surface area contributed by atoms with Crippen molar-refractivity contribution >= 4 is 29.0 Å². The predicted molar refractivity (Wildman–Crippen MR) is 47.5 cm³/mol. The molecule has 1 aromatic heterocycles. The molecule has 1 rings (SSSR count). The van der Waals surface area contributed by atoms with E-state index in [4.69, 9.17) is 16.0 Å². The van der Waals surface area contributed by atoms with Gasteiger partial charge in [-0.15, -0.1) is 0 Å². The molecule has 1 aromatic rings. The summed E-state index contributed by atoms with van der Waals surface area (Å²) < 4.78 is 5.20. The molecule has 0 saturated carbocycles. The maximum Gasteiger partial charge on any atom is 0.170 e. The molecule has 2 nitrogen and oxygen atoms in total. The van der Waals surface area contributed by atoms with Crippen LogP contribution in [0.2, 0.25) is 0 Å². The third kappa shape index (κ3) is 1.52. The van der Waals surface area contributed by atoms with Crippen molar-refractivity contribution in [2.45, 2.75) is 6.92 Å². The van der Waals surface area contributed by atoms with Gasteiger partial charge in [0.15, 0.2) is 5.76 Å². The van der Waals surface area contributed by atoms with Gasteiger partial charge in [-0.05, 0) is 13.6 Å². The quantitative estimate of drug-likeness (QED) is 0.625. The molecule has 0 bridgehead atoms. The zero-order valence-electron chi connectivity index (χ0n) is 6.22. The minimum absolute atomic E-state index is 0.348. The van der Waals surface area contributed by atoms with E-state index in [2.05, 4.69) is 18.3 Å². The topological polar surface area (TPSA) is 25.5 Å². The molecule has 3 heteroatoms. The molecule has 0 saturated heterocycles. The number of aliphatic imine (C=N–C) groups is 1. The fraction of sp³-hybridized carbons (Fsp3) is 0.125. The number of furan rings is 1. The van der Waals surface area contributed by atoms with E-state index >= 15 is 0 Å². The van der Waals surface area contributed by atoms with E-state index in [1.807, 2.05) is 6.92 Å². The number of nitrogens with zero attached hydrogens (tertiary/aromatic N) is 1. The number of rotatable bonds is 2. The van der Waals surface area contributed by atoms with E-state index in [1.165, 1.54) is 0 Å². The summed E-state index contributed by atoms with van der Waals surface area (Å²) in [6.07, 6.45) is 0. The van der Waals surface area contributed by atoms with Crippen LogP contribution in [-0.4, -0.2) is 6.72 Å². The summed E-state index contributed by atoms with van der Waals surface area (Å²) in [5.41, 5.74) is 0.641. The van der Waals surface area contributed by atoms with Gasteiger partial charge in [0, 0.05) is 6.07 Å². The highest BCUT2D eigenvalue weighted by Crippen LogP contribution is 2.30. The van der Waals surface area contributed by atoms with Gasteiger partial charge in [-0.1, -0.05) is 18.2 Å². The fourth-order valence-electron chi connectivity index (χ4n) is 0.813. The molecular formula is C8H8ClNO. The average molecular weight is 170 g/mol. The van der Waals surface area contributed by atoms with Gasteiger partial charge < -0.3 is 4.42 Å². The minimum Gasteiger partial charge on any atom is -0.458 e. The smallest absolute Gasteiger partial charge is 0.170 e. The van der Waals surface area contributed by atoms with Crippen molar-refractivity contribution in [3.8, 4) is 0 Å². The van der Waals surface area contributed by atoms with Gasteiger partial charge in [0.2, 0.25) is 0 Å². The van der Waals surface area contributed by atoms with Crippen LogP contribution < -0.4 is 0 Å². The molecule has 0 aliphatic carbocycles. The Morgan fingerprint density at radius 2 is 2.36 bits per heavy atom. The second-order valence-electron chi connectivity index (χ2n) is 2.13. The van der Waals surface area contributed by atoms with Crippen molar-refractivity contribution in [2.24, 2.45) is 4.99 Å². The highest BCUT2D eigenvalue weighted by Gasteiger charge is 2.08. The first-order valence-electron chi connectivity index (χ1n) is 3.07. The lowest BCUT2D eigenvalue weighted by molar-refractivity contribution is 0.524. The molecule has 0 radical (unpaired) electrons. The first-order chi connectivity index (χ1) is 5.15. The molecule has 0 N–H and O–H groups in total. The Morgan fingerprint density at radius 3 is 2.73 bits per heavy atom. The monoisotopic (exact) mass is 169 g/mol. The third-order valence-corrected chi connectivity index (χ3v) is 1.42. The van der Waals surface area contributed by atoms with E-state index in [0.29, 0.717) is 16.5 Å². The first-order valence-corrected chi connectivity index (χ1v) is 3.45. The summed E-state index contributed by atoms with van der Waals surface area (Å²) >= 11 is 5.62. The van der Waals surface area contributed by atoms with Gasteiger partial charge in [-0.2, -0.15) is 0 Å². The van der Waals surface area contributed by atoms with E-state index in [-0.39, 0.29) is 0 Å². The lowest BCUT2D eigenvalue weighted by atomic mass is 10.3.